The van der Waals surface area contributed by atoms with E-state index in [9.17, 15) is 4.79 Å². The summed E-state index contributed by atoms with van der Waals surface area (Å²) >= 11 is 13.9. The van der Waals surface area contributed by atoms with Crippen molar-refractivity contribution in [1.29, 1.82) is 0 Å². The van der Waals surface area contributed by atoms with Crippen LogP contribution in [0.25, 0.3) is 10.1 Å². The lowest BCUT2D eigenvalue weighted by molar-refractivity contribution is 0.0657. The van der Waals surface area contributed by atoms with E-state index < -0.39 is 0 Å². The van der Waals surface area contributed by atoms with Crippen LogP contribution in [0.1, 0.15) is 34.1 Å². The van der Waals surface area contributed by atoms with E-state index in [-0.39, 0.29) is 11.9 Å². The highest BCUT2D eigenvalue weighted by atomic mass is 35.5. The van der Waals surface area contributed by atoms with Gasteiger partial charge in [-0.25, -0.2) is 0 Å². The summed E-state index contributed by atoms with van der Waals surface area (Å²) in [6, 6.07) is 14.8. The molecule has 30 heavy (non-hydrogen) atoms. The summed E-state index contributed by atoms with van der Waals surface area (Å²) in [6.07, 6.45) is 2.24. The molecule has 2 aromatic carbocycles. The van der Waals surface area contributed by atoms with Crippen molar-refractivity contribution in [2.75, 3.05) is 26.3 Å². The Hall–Kier alpha value is -1.63. The first-order valence-corrected chi connectivity index (χ1v) is 11.7. The van der Waals surface area contributed by atoms with Crippen LogP contribution >= 0.6 is 34.5 Å². The Bertz CT molecular complexity index is 1020. The van der Waals surface area contributed by atoms with Gasteiger partial charge >= 0.3 is 0 Å². The molecule has 0 bridgehead atoms. The molecule has 158 valence electrons. The van der Waals surface area contributed by atoms with Gasteiger partial charge in [-0.2, -0.15) is 0 Å². The molecule has 2 N–H and O–H groups in total. The van der Waals surface area contributed by atoms with Gasteiger partial charge in [-0.15, -0.1) is 11.3 Å². The monoisotopic (exact) mass is 462 g/mol. The fourth-order valence-corrected chi connectivity index (χ4v) is 5.22. The average Bonchev–Trinajstić information content (AvgIpc) is 3.17. The van der Waals surface area contributed by atoms with E-state index in [1.807, 2.05) is 48.5 Å². The number of ether oxygens (including phenoxy) is 1. The summed E-state index contributed by atoms with van der Waals surface area (Å²) in [4.78, 5) is 13.7. The summed E-state index contributed by atoms with van der Waals surface area (Å²) in [5.74, 6) is 0.420. The summed E-state index contributed by atoms with van der Waals surface area (Å²) in [6.45, 7) is 3.15. The van der Waals surface area contributed by atoms with Gasteiger partial charge in [0.05, 0.1) is 17.5 Å². The van der Waals surface area contributed by atoms with Crippen molar-refractivity contribution in [2.45, 2.75) is 18.9 Å². The summed E-state index contributed by atoms with van der Waals surface area (Å²) in [7, 11) is 0. The van der Waals surface area contributed by atoms with Crippen molar-refractivity contribution < 1.29 is 9.53 Å². The number of hydrogen-bond donors (Lipinski definition) is 2. The maximum absolute atomic E-state index is 13.0. The number of hydrogen-bond acceptors (Lipinski definition) is 4. The Morgan fingerprint density at radius 1 is 1.17 bits per heavy atom. The van der Waals surface area contributed by atoms with Crippen molar-refractivity contribution in [3.63, 3.8) is 0 Å². The SMILES string of the molecule is O=C(NC(COCC1CCNCC1)c1ccccc1Cl)c1cc2ccc(Cl)cc2s1. The van der Waals surface area contributed by atoms with Crippen molar-refractivity contribution in [3.8, 4) is 0 Å². The maximum Gasteiger partial charge on any atom is 0.261 e. The van der Waals surface area contributed by atoms with Crippen LogP contribution in [0.4, 0.5) is 0 Å². The predicted molar refractivity (Wildman–Crippen MR) is 125 cm³/mol. The largest absolute Gasteiger partial charge is 0.379 e. The van der Waals surface area contributed by atoms with Crippen molar-refractivity contribution in [2.24, 2.45) is 5.92 Å². The molecule has 2 heterocycles. The second-order valence-electron chi connectivity index (χ2n) is 7.57. The number of carbonyl (C=O) groups excluding carboxylic acids is 1. The molecule has 0 saturated carbocycles. The normalized spacial score (nSPS) is 15.9. The Morgan fingerprint density at radius 2 is 1.97 bits per heavy atom. The first-order valence-electron chi connectivity index (χ1n) is 10.1. The van der Waals surface area contributed by atoms with Gasteiger partial charge in [0.25, 0.3) is 5.91 Å². The molecule has 1 aromatic heterocycles. The molecule has 1 aliphatic rings. The quantitative estimate of drug-likeness (QED) is 0.473. The Morgan fingerprint density at radius 3 is 2.77 bits per heavy atom. The lowest BCUT2D eigenvalue weighted by atomic mass is 9.99. The number of carbonyl (C=O) groups is 1. The molecule has 0 radical (unpaired) electrons. The number of fused-ring (bicyclic) bond motifs is 1. The Labute approximate surface area is 190 Å². The number of rotatable bonds is 7. The second-order valence-corrected chi connectivity index (χ2v) is 9.50. The molecule has 4 nitrogen and oxygen atoms in total. The third-order valence-corrected chi connectivity index (χ3v) is 7.06. The second kappa shape index (κ2) is 10.1. The Kier molecular flexibility index (Phi) is 7.28. The molecule has 1 atom stereocenters. The zero-order chi connectivity index (χ0) is 20.9. The molecule has 1 aliphatic heterocycles. The predicted octanol–water partition coefficient (Wildman–Crippen LogP) is 5.70. The lowest BCUT2D eigenvalue weighted by Crippen LogP contribution is -2.33. The van der Waals surface area contributed by atoms with Crippen LogP contribution in [-0.4, -0.2) is 32.2 Å². The van der Waals surface area contributed by atoms with Gasteiger partial charge in [-0.05, 0) is 67.1 Å². The van der Waals surface area contributed by atoms with Gasteiger partial charge in [0, 0.05) is 21.4 Å². The molecule has 4 rings (SSSR count). The molecule has 1 amide bonds. The van der Waals surface area contributed by atoms with Crippen LogP contribution in [0.15, 0.2) is 48.5 Å². The van der Waals surface area contributed by atoms with E-state index in [4.69, 9.17) is 27.9 Å². The van der Waals surface area contributed by atoms with Crippen LogP contribution in [-0.2, 0) is 4.74 Å². The average molecular weight is 463 g/mol. The lowest BCUT2D eigenvalue weighted by Gasteiger charge is -2.25. The number of piperidine rings is 1. The molecular weight excluding hydrogens is 439 g/mol. The van der Waals surface area contributed by atoms with Crippen molar-refractivity contribution in [3.05, 3.63) is 69.0 Å². The fourth-order valence-electron chi connectivity index (χ4n) is 3.71. The standard InChI is InChI=1S/C23H24Cl2N2O2S/c24-17-6-5-16-11-22(30-21(16)12-17)23(28)27-20(18-3-1-2-4-19(18)25)14-29-13-15-7-9-26-10-8-15/h1-6,11-12,15,20,26H,7-10,13-14H2,(H,27,28). The zero-order valence-corrected chi connectivity index (χ0v) is 18.8. The molecule has 1 unspecified atom stereocenters. The molecular formula is C23H24Cl2N2O2S. The molecule has 0 spiro atoms. The zero-order valence-electron chi connectivity index (χ0n) is 16.5. The summed E-state index contributed by atoms with van der Waals surface area (Å²) in [5, 5.41) is 8.78. The minimum atomic E-state index is -0.318. The van der Waals surface area contributed by atoms with Gasteiger partial charge in [-0.3, -0.25) is 4.79 Å². The first kappa shape index (κ1) is 21.6. The summed E-state index contributed by atoms with van der Waals surface area (Å²) in [5.41, 5.74) is 0.863. The molecule has 1 fully saturated rings. The van der Waals surface area contributed by atoms with E-state index in [1.165, 1.54) is 11.3 Å². The number of benzene rings is 2. The van der Waals surface area contributed by atoms with Gasteiger partial charge in [0.2, 0.25) is 0 Å². The molecule has 0 aliphatic carbocycles. The summed E-state index contributed by atoms with van der Waals surface area (Å²) < 4.78 is 7.03. The molecule has 3 aromatic rings. The third kappa shape index (κ3) is 5.34. The van der Waals surface area contributed by atoms with Crippen LogP contribution in [0.2, 0.25) is 10.0 Å². The van der Waals surface area contributed by atoms with E-state index in [0.717, 1.165) is 41.6 Å². The highest BCUT2D eigenvalue weighted by Gasteiger charge is 2.21. The third-order valence-electron chi connectivity index (χ3n) is 5.39. The van der Waals surface area contributed by atoms with Crippen molar-refractivity contribution in [1.82, 2.24) is 10.6 Å². The topological polar surface area (TPSA) is 50.4 Å². The molecule has 1 saturated heterocycles. The van der Waals surface area contributed by atoms with Crippen LogP contribution in [0.5, 0.6) is 0 Å². The van der Waals surface area contributed by atoms with E-state index in [0.29, 0.717) is 34.1 Å². The van der Waals surface area contributed by atoms with Gasteiger partial charge in [0.1, 0.15) is 0 Å². The van der Waals surface area contributed by atoms with E-state index >= 15 is 0 Å². The number of thiophene rings is 1. The van der Waals surface area contributed by atoms with Crippen LogP contribution in [0, 0.1) is 5.92 Å². The molecule has 7 heteroatoms. The minimum Gasteiger partial charge on any atom is -0.379 e. The van der Waals surface area contributed by atoms with Crippen molar-refractivity contribution >= 4 is 50.5 Å². The first-order chi connectivity index (χ1) is 14.6. The highest BCUT2D eigenvalue weighted by molar-refractivity contribution is 7.20. The number of amides is 1. The fraction of sp³-hybridized carbons (Fsp3) is 0.348. The van der Waals surface area contributed by atoms with Gasteiger partial charge < -0.3 is 15.4 Å². The highest BCUT2D eigenvalue weighted by Crippen LogP contribution is 2.29. The number of halogens is 2. The van der Waals surface area contributed by atoms with E-state index in [1.54, 1.807) is 0 Å². The van der Waals surface area contributed by atoms with Gasteiger partial charge in [-0.1, -0.05) is 47.5 Å². The Balaban J connectivity index is 1.48. The smallest absolute Gasteiger partial charge is 0.261 e. The number of nitrogens with one attached hydrogen (secondary N) is 2. The minimum absolute atomic E-state index is 0.136. The van der Waals surface area contributed by atoms with E-state index in [2.05, 4.69) is 10.6 Å². The maximum atomic E-state index is 13.0. The van der Waals surface area contributed by atoms with Gasteiger partial charge in [0.15, 0.2) is 0 Å². The van der Waals surface area contributed by atoms with Crippen LogP contribution < -0.4 is 10.6 Å². The van der Waals surface area contributed by atoms with Crippen LogP contribution in [0.3, 0.4) is 0 Å².